The van der Waals surface area contributed by atoms with Crippen LogP contribution in [0.3, 0.4) is 0 Å². The highest BCUT2D eigenvalue weighted by Gasteiger charge is 2.18. The lowest BCUT2D eigenvalue weighted by Gasteiger charge is -2.09. The van der Waals surface area contributed by atoms with Gasteiger partial charge in [-0.15, -0.1) is 10.2 Å². The molecule has 0 amide bonds. The Morgan fingerprint density at radius 1 is 1.08 bits per heavy atom. The number of aryl methyl sites for hydroxylation is 1. The van der Waals surface area contributed by atoms with Crippen LogP contribution in [0.4, 0.5) is 0 Å². The van der Waals surface area contributed by atoms with Crippen molar-refractivity contribution >= 4 is 28.4 Å². The fraction of sp³-hybridized carbons (Fsp3) is 0.222. The monoisotopic (exact) mass is 369 g/mol. The first-order valence-corrected chi connectivity index (χ1v) is 8.49. The van der Waals surface area contributed by atoms with E-state index in [0.717, 1.165) is 17.0 Å². The van der Waals surface area contributed by atoms with Crippen molar-refractivity contribution < 1.29 is 9.47 Å². The van der Waals surface area contributed by atoms with Gasteiger partial charge in [0.1, 0.15) is 17.1 Å². The first kappa shape index (κ1) is 16.5. The van der Waals surface area contributed by atoms with Gasteiger partial charge >= 0.3 is 0 Å². The Balaban J connectivity index is 2.07. The molecule has 8 heteroatoms. The van der Waals surface area contributed by atoms with Crippen LogP contribution in [0, 0.1) is 6.92 Å². The first-order chi connectivity index (χ1) is 12.6. The van der Waals surface area contributed by atoms with Crippen LogP contribution in [0.15, 0.2) is 30.3 Å². The SMILES string of the molecule is CCOc1ccc(Cl)c(-c2nc(C)c3nnc4ccc(OC)nc4n23)c1. The van der Waals surface area contributed by atoms with Crippen molar-refractivity contribution in [2.45, 2.75) is 13.8 Å². The third kappa shape index (κ3) is 2.61. The number of rotatable bonds is 4. The molecule has 0 atom stereocenters. The van der Waals surface area contributed by atoms with Gasteiger partial charge in [-0.25, -0.2) is 4.98 Å². The van der Waals surface area contributed by atoms with E-state index >= 15 is 0 Å². The van der Waals surface area contributed by atoms with Crippen molar-refractivity contribution in [1.82, 2.24) is 24.6 Å². The molecule has 0 fully saturated rings. The van der Waals surface area contributed by atoms with Crippen molar-refractivity contribution in [3.05, 3.63) is 41.0 Å². The number of halogens is 1. The van der Waals surface area contributed by atoms with Gasteiger partial charge in [0.2, 0.25) is 5.88 Å². The zero-order valence-electron chi connectivity index (χ0n) is 14.5. The number of aromatic nitrogens is 5. The molecule has 7 nitrogen and oxygen atoms in total. The van der Waals surface area contributed by atoms with Crippen LogP contribution >= 0.6 is 11.6 Å². The standard InChI is InChI=1S/C18H16ClN5O2/c1-4-26-11-5-6-13(19)12(9-11)17-20-10(2)16-23-22-14-7-8-15(25-3)21-18(14)24(16)17/h5-9H,4H2,1-3H3. The van der Waals surface area contributed by atoms with E-state index in [1.165, 1.54) is 0 Å². The van der Waals surface area contributed by atoms with E-state index in [1.54, 1.807) is 19.2 Å². The summed E-state index contributed by atoms with van der Waals surface area (Å²) < 4.78 is 12.7. The summed E-state index contributed by atoms with van der Waals surface area (Å²) in [7, 11) is 1.57. The summed E-state index contributed by atoms with van der Waals surface area (Å²) in [5.41, 5.74) is 3.32. The maximum Gasteiger partial charge on any atom is 0.215 e. The lowest BCUT2D eigenvalue weighted by molar-refractivity contribution is 0.340. The van der Waals surface area contributed by atoms with Crippen LogP contribution in [0.5, 0.6) is 11.6 Å². The minimum absolute atomic E-state index is 0.485. The normalized spacial score (nSPS) is 11.2. The molecule has 0 aliphatic rings. The second-order valence-electron chi connectivity index (χ2n) is 5.65. The molecule has 0 spiro atoms. The maximum atomic E-state index is 6.46. The van der Waals surface area contributed by atoms with Gasteiger partial charge in [-0.3, -0.25) is 4.40 Å². The lowest BCUT2D eigenvalue weighted by atomic mass is 10.2. The molecular formula is C18H16ClN5O2. The minimum atomic E-state index is 0.485. The molecular weight excluding hydrogens is 354 g/mol. The molecule has 0 aliphatic carbocycles. The number of imidazole rings is 1. The molecule has 0 saturated heterocycles. The molecule has 0 saturated carbocycles. The molecule has 0 unspecified atom stereocenters. The third-order valence-electron chi connectivity index (χ3n) is 4.01. The quantitative estimate of drug-likeness (QED) is 0.546. The Kier molecular flexibility index (Phi) is 4.08. The highest BCUT2D eigenvalue weighted by Crippen LogP contribution is 2.33. The van der Waals surface area contributed by atoms with E-state index < -0.39 is 0 Å². The van der Waals surface area contributed by atoms with Gasteiger partial charge in [-0.2, -0.15) is 4.98 Å². The van der Waals surface area contributed by atoms with E-state index in [2.05, 4.69) is 20.2 Å². The van der Waals surface area contributed by atoms with Crippen molar-refractivity contribution in [2.24, 2.45) is 0 Å². The summed E-state index contributed by atoms with van der Waals surface area (Å²) in [4.78, 5) is 9.20. The van der Waals surface area contributed by atoms with Crippen LogP contribution in [0.2, 0.25) is 5.02 Å². The fourth-order valence-corrected chi connectivity index (χ4v) is 3.03. The molecule has 0 radical (unpaired) electrons. The van der Waals surface area contributed by atoms with Gasteiger partial charge in [0, 0.05) is 11.6 Å². The second-order valence-corrected chi connectivity index (χ2v) is 6.06. The van der Waals surface area contributed by atoms with Gasteiger partial charge in [0.05, 0.1) is 24.4 Å². The average molecular weight is 370 g/mol. The Morgan fingerprint density at radius 2 is 1.92 bits per heavy atom. The number of ether oxygens (including phenoxy) is 2. The van der Waals surface area contributed by atoms with Crippen LogP contribution in [-0.2, 0) is 0 Å². The Bertz CT molecular complexity index is 1130. The number of methoxy groups -OCH3 is 1. The lowest BCUT2D eigenvalue weighted by Crippen LogP contribution is -2.01. The van der Waals surface area contributed by atoms with Crippen LogP contribution < -0.4 is 9.47 Å². The van der Waals surface area contributed by atoms with Gasteiger partial charge in [0.15, 0.2) is 11.3 Å². The molecule has 4 rings (SSSR count). The van der Waals surface area contributed by atoms with Crippen molar-refractivity contribution in [1.29, 1.82) is 0 Å². The number of pyridine rings is 1. The number of benzene rings is 1. The summed E-state index contributed by atoms with van der Waals surface area (Å²) in [6, 6.07) is 9.05. The van der Waals surface area contributed by atoms with Gasteiger partial charge in [-0.1, -0.05) is 11.6 Å². The molecule has 26 heavy (non-hydrogen) atoms. The van der Waals surface area contributed by atoms with E-state index in [0.29, 0.717) is 40.1 Å². The van der Waals surface area contributed by atoms with Crippen molar-refractivity contribution in [3.63, 3.8) is 0 Å². The topological polar surface area (TPSA) is 74.4 Å². The van der Waals surface area contributed by atoms with Gasteiger partial charge in [-0.05, 0) is 38.1 Å². The smallest absolute Gasteiger partial charge is 0.215 e. The molecule has 0 aliphatic heterocycles. The summed E-state index contributed by atoms with van der Waals surface area (Å²) in [6.45, 7) is 4.37. The predicted octanol–water partition coefficient (Wildman–Crippen LogP) is 3.71. The number of hydrogen-bond acceptors (Lipinski definition) is 6. The molecule has 3 aromatic heterocycles. The van der Waals surface area contributed by atoms with Crippen LogP contribution in [-0.4, -0.2) is 38.3 Å². The Labute approximate surface area is 154 Å². The average Bonchev–Trinajstić information content (AvgIpc) is 3.00. The number of nitrogens with zero attached hydrogens (tertiary/aromatic N) is 5. The summed E-state index contributed by atoms with van der Waals surface area (Å²) in [6.07, 6.45) is 0. The van der Waals surface area contributed by atoms with Gasteiger partial charge < -0.3 is 9.47 Å². The van der Waals surface area contributed by atoms with Crippen molar-refractivity contribution in [3.8, 4) is 23.0 Å². The zero-order chi connectivity index (χ0) is 18.3. The summed E-state index contributed by atoms with van der Waals surface area (Å²) >= 11 is 6.46. The number of fused-ring (bicyclic) bond motifs is 3. The van der Waals surface area contributed by atoms with E-state index in [-0.39, 0.29) is 0 Å². The second kappa shape index (κ2) is 6.42. The molecule has 0 bridgehead atoms. The largest absolute Gasteiger partial charge is 0.494 e. The predicted molar refractivity (Wildman–Crippen MR) is 99.0 cm³/mol. The molecule has 4 aromatic rings. The fourth-order valence-electron chi connectivity index (χ4n) is 2.83. The molecule has 1 aromatic carbocycles. The number of hydrogen-bond donors (Lipinski definition) is 0. The zero-order valence-corrected chi connectivity index (χ0v) is 15.3. The Morgan fingerprint density at radius 3 is 2.69 bits per heavy atom. The highest BCUT2D eigenvalue weighted by atomic mass is 35.5. The molecule has 0 N–H and O–H groups in total. The summed E-state index contributed by atoms with van der Waals surface area (Å²) in [5.74, 6) is 1.83. The minimum Gasteiger partial charge on any atom is -0.494 e. The molecule has 3 heterocycles. The Hall–Kier alpha value is -2.93. The third-order valence-corrected chi connectivity index (χ3v) is 4.34. The van der Waals surface area contributed by atoms with Crippen LogP contribution in [0.1, 0.15) is 12.6 Å². The molecule has 132 valence electrons. The first-order valence-electron chi connectivity index (χ1n) is 8.11. The van der Waals surface area contributed by atoms with E-state index in [1.807, 2.05) is 36.4 Å². The highest BCUT2D eigenvalue weighted by molar-refractivity contribution is 6.33. The maximum absolute atomic E-state index is 6.46. The van der Waals surface area contributed by atoms with E-state index in [4.69, 9.17) is 21.1 Å². The van der Waals surface area contributed by atoms with Crippen molar-refractivity contribution in [2.75, 3.05) is 13.7 Å². The summed E-state index contributed by atoms with van der Waals surface area (Å²) in [5, 5.41) is 9.09. The van der Waals surface area contributed by atoms with Gasteiger partial charge in [0.25, 0.3) is 0 Å². The van der Waals surface area contributed by atoms with Crippen LogP contribution in [0.25, 0.3) is 28.2 Å². The van der Waals surface area contributed by atoms with E-state index in [9.17, 15) is 0 Å².